The van der Waals surface area contributed by atoms with Gasteiger partial charge in [-0.15, -0.1) is 0 Å². The Kier molecular flexibility index (Phi) is 7.17. The normalized spacial score (nSPS) is 9.90. The van der Waals surface area contributed by atoms with Crippen LogP contribution in [0, 0.1) is 0 Å². The van der Waals surface area contributed by atoms with Crippen molar-refractivity contribution in [1.29, 1.82) is 0 Å². The van der Waals surface area contributed by atoms with E-state index in [1.807, 2.05) is 6.92 Å². The van der Waals surface area contributed by atoms with Crippen LogP contribution in [0.5, 0.6) is 5.75 Å². The molecule has 0 unspecified atom stereocenters. The number of esters is 1. The summed E-state index contributed by atoms with van der Waals surface area (Å²) in [7, 11) is 0. The maximum absolute atomic E-state index is 11.5. The third kappa shape index (κ3) is 5.73. The maximum Gasteiger partial charge on any atom is 0.513 e. The second kappa shape index (κ2) is 8.96. The highest BCUT2D eigenvalue weighted by atomic mass is 16.7. The fourth-order valence-electron chi connectivity index (χ4n) is 1.54. The summed E-state index contributed by atoms with van der Waals surface area (Å²) in [5, 5.41) is 0. The summed E-state index contributed by atoms with van der Waals surface area (Å²) in [6, 6.07) is 6.83. The average molecular weight is 280 g/mol. The number of hydrogen-bond acceptors (Lipinski definition) is 5. The van der Waals surface area contributed by atoms with Crippen LogP contribution in [0.3, 0.4) is 0 Å². The van der Waals surface area contributed by atoms with Crippen LogP contribution in [0.25, 0.3) is 0 Å². The quantitative estimate of drug-likeness (QED) is 0.436. The monoisotopic (exact) mass is 280 g/mol. The molecule has 0 saturated heterocycles. The largest absolute Gasteiger partial charge is 0.513 e. The molecule has 0 heterocycles. The van der Waals surface area contributed by atoms with Crippen LogP contribution in [0.1, 0.15) is 32.3 Å². The van der Waals surface area contributed by atoms with E-state index in [4.69, 9.17) is 14.2 Å². The first-order valence-electron chi connectivity index (χ1n) is 6.75. The van der Waals surface area contributed by atoms with Gasteiger partial charge in [-0.2, -0.15) is 0 Å². The number of carbonyl (C=O) groups is 2. The van der Waals surface area contributed by atoms with Gasteiger partial charge in [-0.05, 0) is 19.4 Å². The third-order valence-corrected chi connectivity index (χ3v) is 2.52. The van der Waals surface area contributed by atoms with E-state index >= 15 is 0 Å². The zero-order chi connectivity index (χ0) is 14.8. The lowest BCUT2D eigenvalue weighted by Crippen LogP contribution is -2.14. The van der Waals surface area contributed by atoms with E-state index < -0.39 is 6.16 Å². The number of rotatable bonds is 7. The molecule has 0 aliphatic heterocycles. The molecule has 0 fully saturated rings. The zero-order valence-electron chi connectivity index (χ0n) is 11.9. The molecule has 0 aromatic heterocycles. The van der Waals surface area contributed by atoms with Crippen molar-refractivity contribution in [2.24, 2.45) is 0 Å². The van der Waals surface area contributed by atoms with Crippen molar-refractivity contribution < 1.29 is 23.8 Å². The third-order valence-electron chi connectivity index (χ3n) is 2.52. The van der Waals surface area contributed by atoms with E-state index in [-0.39, 0.29) is 12.4 Å². The van der Waals surface area contributed by atoms with Crippen molar-refractivity contribution in [3.63, 3.8) is 0 Å². The van der Waals surface area contributed by atoms with E-state index in [1.54, 1.807) is 31.2 Å². The molecule has 110 valence electrons. The SMILES string of the molecule is CCCCOC(=O)Oc1ccccc1CC(=O)OCC. The van der Waals surface area contributed by atoms with Crippen LogP contribution < -0.4 is 4.74 Å². The van der Waals surface area contributed by atoms with Gasteiger partial charge < -0.3 is 14.2 Å². The fourth-order valence-corrected chi connectivity index (χ4v) is 1.54. The first-order valence-corrected chi connectivity index (χ1v) is 6.75. The minimum Gasteiger partial charge on any atom is -0.466 e. The molecule has 0 saturated carbocycles. The Balaban J connectivity index is 2.60. The maximum atomic E-state index is 11.5. The molecule has 1 aromatic rings. The topological polar surface area (TPSA) is 61.8 Å². The van der Waals surface area contributed by atoms with Gasteiger partial charge in [0.1, 0.15) is 5.75 Å². The number of para-hydroxylation sites is 1. The van der Waals surface area contributed by atoms with Gasteiger partial charge in [0.2, 0.25) is 0 Å². The highest BCUT2D eigenvalue weighted by Gasteiger charge is 2.13. The van der Waals surface area contributed by atoms with Gasteiger partial charge in [0.25, 0.3) is 0 Å². The van der Waals surface area contributed by atoms with Crippen molar-refractivity contribution in [1.82, 2.24) is 0 Å². The number of hydrogen-bond donors (Lipinski definition) is 0. The molecular formula is C15H20O5. The van der Waals surface area contributed by atoms with Gasteiger partial charge in [-0.1, -0.05) is 31.5 Å². The first-order chi connectivity index (χ1) is 9.67. The standard InChI is InChI=1S/C15H20O5/c1-3-5-10-19-15(17)20-13-9-7-6-8-12(13)11-14(16)18-4-2/h6-9H,3-5,10-11H2,1-2H3. The van der Waals surface area contributed by atoms with Gasteiger partial charge >= 0.3 is 12.1 Å². The summed E-state index contributed by atoms with van der Waals surface area (Å²) in [5.74, 6) is -0.0371. The van der Waals surface area contributed by atoms with E-state index in [1.165, 1.54) is 0 Å². The van der Waals surface area contributed by atoms with Gasteiger partial charge in [-0.25, -0.2) is 4.79 Å². The number of unbranched alkanes of at least 4 members (excludes halogenated alkanes) is 1. The fraction of sp³-hybridized carbons (Fsp3) is 0.467. The van der Waals surface area contributed by atoms with Crippen LogP contribution in [0.2, 0.25) is 0 Å². The molecule has 20 heavy (non-hydrogen) atoms. The summed E-state index contributed by atoms with van der Waals surface area (Å²) in [4.78, 5) is 23.0. The van der Waals surface area contributed by atoms with Crippen LogP contribution >= 0.6 is 0 Å². The first kappa shape index (κ1) is 16.0. The van der Waals surface area contributed by atoms with Gasteiger partial charge in [0.15, 0.2) is 0 Å². The average Bonchev–Trinajstić information content (AvgIpc) is 2.41. The minimum atomic E-state index is -0.755. The number of benzene rings is 1. The zero-order valence-corrected chi connectivity index (χ0v) is 11.9. The molecule has 0 bridgehead atoms. The van der Waals surface area contributed by atoms with Crippen LogP contribution in [0.4, 0.5) is 4.79 Å². The van der Waals surface area contributed by atoms with Crippen LogP contribution in [-0.2, 0) is 20.7 Å². The number of ether oxygens (including phenoxy) is 3. The summed E-state index contributed by atoms with van der Waals surface area (Å²) in [6.45, 7) is 4.39. The van der Waals surface area contributed by atoms with Crippen molar-refractivity contribution in [3.05, 3.63) is 29.8 Å². The predicted octanol–water partition coefficient (Wildman–Crippen LogP) is 3.11. The van der Waals surface area contributed by atoms with Crippen molar-refractivity contribution >= 4 is 12.1 Å². The molecule has 0 radical (unpaired) electrons. The lowest BCUT2D eigenvalue weighted by molar-refractivity contribution is -0.142. The molecule has 5 nitrogen and oxygen atoms in total. The molecule has 1 rings (SSSR count). The van der Waals surface area contributed by atoms with Crippen LogP contribution in [-0.4, -0.2) is 25.3 Å². The molecule has 0 aliphatic rings. The molecule has 0 spiro atoms. The lowest BCUT2D eigenvalue weighted by atomic mass is 10.1. The highest BCUT2D eigenvalue weighted by molar-refractivity contribution is 5.74. The van der Waals surface area contributed by atoms with Gasteiger partial charge in [0, 0.05) is 5.56 Å². The van der Waals surface area contributed by atoms with E-state index in [0.29, 0.717) is 24.5 Å². The minimum absolute atomic E-state index is 0.0618. The van der Waals surface area contributed by atoms with E-state index in [9.17, 15) is 9.59 Å². The summed E-state index contributed by atoms with van der Waals surface area (Å²) < 4.78 is 14.9. The van der Waals surface area contributed by atoms with Crippen LogP contribution in [0.15, 0.2) is 24.3 Å². The Labute approximate surface area is 118 Å². The second-order valence-corrected chi connectivity index (χ2v) is 4.14. The molecule has 0 amide bonds. The molecule has 5 heteroatoms. The predicted molar refractivity (Wildman–Crippen MR) is 73.7 cm³/mol. The Morgan fingerprint density at radius 2 is 1.85 bits per heavy atom. The highest BCUT2D eigenvalue weighted by Crippen LogP contribution is 2.19. The van der Waals surface area contributed by atoms with Crippen molar-refractivity contribution in [2.75, 3.05) is 13.2 Å². The molecule has 0 atom stereocenters. The van der Waals surface area contributed by atoms with Crippen molar-refractivity contribution in [2.45, 2.75) is 33.1 Å². The van der Waals surface area contributed by atoms with Gasteiger partial charge in [-0.3, -0.25) is 4.79 Å². The smallest absolute Gasteiger partial charge is 0.466 e. The Morgan fingerprint density at radius 1 is 1.10 bits per heavy atom. The number of carbonyl (C=O) groups excluding carboxylic acids is 2. The van der Waals surface area contributed by atoms with Crippen molar-refractivity contribution in [3.8, 4) is 5.75 Å². The summed E-state index contributed by atoms with van der Waals surface area (Å²) in [5.41, 5.74) is 0.596. The molecule has 1 aromatic carbocycles. The van der Waals surface area contributed by atoms with E-state index in [2.05, 4.69) is 0 Å². The summed E-state index contributed by atoms with van der Waals surface area (Å²) >= 11 is 0. The Hall–Kier alpha value is -2.04. The Morgan fingerprint density at radius 3 is 2.55 bits per heavy atom. The lowest BCUT2D eigenvalue weighted by Gasteiger charge is -2.09. The van der Waals surface area contributed by atoms with Gasteiger partial charge in [0.05, 0.1) is 19.6 Å². The molecular weight excluding hydrogens is 260 g/mol. The Bertz CT molecular complexity index is 442. The molecule has 0 aliphatic carbocycles. The second-order valence-electron chi connectivity index (χ2n) is 4.14. The van der Waals surface area contributed by atoms with E-state index in [0.717, 1.165) is 12.8 Å². The molecule has 0 N–H and O–H groups in total. The summed E-state index contributed by atoms with van der Waals surface area (Å²) in [6.07, 6.45) is 1.04.